The lowest BCUT2D eigenvalue weighted by Crippen LogP contribution is -2.56. The molecule has 1 fully saturated rings. The largest absolute Gasteiger partial charge is 0.496 e. The number of hydrogen-bond donors (Lipinski definition) is 0. The Kier molecular flexibility index (Phi) is 6.21. The molecule has 0 spiro atoms. The maximum Gasteiger partial charge on any atom is 0.295 e. The van der Waals surface area contributed by atoms with Gasteiger partial charge in [0.2, 0.25) is 0 Å². The lowest BCUT2D eigenvalue weighted by Gasteiger charge is -2.39. The first kappa shape index (κ1) is 22.2. The molecule has 0 radical (unpaired) electrons. The van der Waals surface area contributed by atoms with Gasteiger partial charge >= 0.3 is 0 Å². The van der Waals surface area contributed by atoms with Crippen molar-refractivity contribution in [2.45, 2.75) is 13.0 Å². The summed E-state index contributed by atoms with van der Waals surface area (Å²) in [6.45, 7) is 2.80. The van der Waals surface area contributed by atoms with Crippen LogP contribution in [0.5, 0.6) is 5.75 Å². The number of hydrogen-bond acceptors (Lipinski definition) is 6. The van der Waals surface area contributed by atoms with Gasteiger partial charge in [0.15, 0.2) is 0 Å². The number of Topliss-reactive ketones (excluding diaryl/α,β-unsaturated/α-hetero) is 1. The molecule has 4 rings (SSSR count). The fourth-order valence-electron chi connectivity index (χ4n) is 3.94. The normalized spacial score (nSPS) is 15.9. The summed E-state index contributed by atoms with van der Waals surface area (Å²) in [6.07, 6.45) is 4.82. The second-order valence-electron chi connectivity index (χ2n) is 7.97. The van der Waals surface area contributed by atoms with Crippen molar-refractivity contribution in [2.75, 3.05) is 26.7 Å². The maximum absolute atomic E-state index is 13.1. The highest BCUT2D eigenvalue weighted by Gasteiger charge is 2.34. The first-order chi connectivity index (χ1) is 15.9. The molecule has 1 atom stereocenters. The van der Waals surface area contributed by atoms with Crippen LogP contribution in [0.2, 0.25) is 0 Å². The van der Waals surface area contributed by atoms with Gasteiger partial charge in [0.1, 0.15) is 5.75 Å². The van der Waals surface area contributed by atoms with Crippen LogP contribution in [-0.2, 0) is 11.8 Å². The molecule has 1 saturated heterocycles. The Hall–Kier alpha value is -4.01. The Morgan fingerprint density at radius 1 is 1.09 bits per heavy atom. The van der Waals surface area contributed by atoms with Crippen LogP contribution in [0.4, 0.5) is 0 Å². The average Bonchev–Trinajstić information content (AvgIpc) is 3.29. The van der Waals surface area contributed by atoms with Crippen LogP contribution in [-0.4, -0.2) is 74.9 Å². The summed E-state index contributed by atoms with van der Waals surface area (Å²) in [6, 6.07) is 10.3. The molecule has 9 nitrogen and oxygen atoms in total. The highest BCUT2D eigenvalue weighted by molar-refractivity contribution is 6.43. The minimum atomic E-state index is -0.688. The molecular formula is C24H25N5O4. The zero-order valence-corrected chi connectivity index (χ0v) is 18.8. The van der Waals surface area contributed by atoms with Crippen LogP contribution in [0.15, 0.2) is 55.0 Å². The first-order valence-corrected chi connectivity index (χ1v) is 10.6. The third-order valence-electron chi connectivity index (χ3n) is 5.72. The standard InChI is InChI=1S/C24H25N5O4/c1-16-14-28(23(31)17-7-5-4-6-8-17)9-10-29(16)24(32)22(30)19-13-25-20(11-21(19)33-3)18-12-26-27(2)15-18/h4-8,11-13,15-16H,9-10,14H2,1-3H3/t16-/m1/s1. The number of ether oxygens (including phenoxy) is 1. The lowest BCUT2D eigenvalue weighted by molar-refractivity contribution is -0.130. The van der Waals surface area contributed by atoms with E-state index in [2.05, 4.69) is 10.1 Å². The molecule has 3 heterocycles. The van der Waals surface area contributed by atoms with Gasteiger partial charge < -0.3 is 14.5 Å². The Bertz CT molecular complexity index is 1190. The molecule has 1 aliphatic heterocycles. The Morgan fingerprint density at radius 2 is 1.85 bits per heavy atom. The zero-order chi connectivity index (χ0) is 23.5. The third-order valence-corrected chi connectivity index (χ3v) is 5.72. The Balaban J connectivity index is 1.48. The van der Waals surface area contributed by atoms with Crippen LogP contribution in [0.1, 0.15) is 27.6 Å². The van der Waals surface area contributed by atoms with Crippen LogP contribution in [0.25, 0.3) is 11.3 Å². The third kappa shape index (κ3) is 4.48. The number of ketones is 1. The number of rotatable bonds is 5. The molecule has 0 saturated carbocycles. The molecule has 3 aromatic rings. The van der Waals surface area contributed by atoms with Crippen molar-refractivity contribution in [3.8, 4) is 17.0 Å². The fourth-order valence-corrected chi connectivity index (χ4v) is 3.94. The summed E-state index contributed by atoms with van der Waals surface area (Å²) in [5.74, 6) is -1.14. The second-order valence-corrected chi connectivity index (χ2v) is 7.97. The lowest BCUT2D eigenvalue weighted by atomic mass is 10.1. The van der Waals surface area contributed by atoms with E-state index in [1.54, 1.807) is 47.2 Å². The van der Waals surface area contributed by atoms with Gasteiger partial charge in [-0.2, -0.15) is 5.10 Å². The van der Waals surface area contributed by atoms with Crippen LogP contribution in [0.3, 0.4) is 0 Å². The molecule has 0 unspecified atom stereocenters. The summed E-state index contributed by atoms with van der Waals surface area (Å²) in [5, 5.41) is 4.12. The topological polar surface area (TPSA) is 97.6 Å². The van der Waals surface area contributed by atoms with Crippen molar-refractivity contribution in [3.05, 3.63) is 66.1 Å². The first-order valence-electron chi connectivity index (χ1n) is 10.6. The summed E-state index contributed by atoms with van der Waals surface area (Å²) in [7, 11) is 3.24. The number of carbonyl (C=O) groups excluding carboxylic acids is 3. The Morgan fingerprint density at radius 3 is 2.48 bits per heavy atom. The summed E-state index contributed by atoms with van der Waals surface area (Å²) >= 11 is 0. The monoisotopic (exact) mass is 447 g/mol. The number of nitrogens with zero attached hydrogens (tertiary/aromatic N) is 5. The van der Waals surface area contributed by atoms with Gasteiger partial charge in [0.05, 0.1) is 24.6 Å². The number of piperazine rings is 1. The van der Waals surface area contributed by atoms with Crippen molar-refractivity contribution < 1.29 is 19.1 Å². The van der Waals surface area contributed by atoms with E-state index in [4.69, 9.17) is 4.74 Å². The predicted octanol–water partition coefficient (Wildman–Crippen LogP) is 2.05. The van der Waals surface area contributed by atoms with Crippen molar-refractivity contribution in [1.82, 2.24) is 24.6 Å². The van der Waals surface area contributed by atoms with Gasteiger partial charge in [-0.1, -0.05) is 18.2 Å². The molecule has 1 aromatic carbocycles. The van der Waals surface area contributed by atoms with Gasteiger partial charge in [-0.25, -0.2) is 0 Å². The molecule has 33 heavy (non-hydrogen) atoms. The fraction of sp³-hybridized carbons (Fsp3) is 0.292. The minimum absolute atomic E-state index is 0.0854. The highest BCUT2D eigenvalue weighted by atomic mass is 16.5. The second kappa shape index (κ2) is 9.23. The molecule has 9 heteroatoms. The van der Waals surface area contributed by atoms with E-state index in [0.717, 1.165) is 5.56 Å². The number of benzene rings is 1. The van der Waals surface area contributed by atoms with Crippen molar-refractivity contribution in [2.24, 2.45) is 7.05 Å². The van der Waals surface area contributed by atoms with Crippen molar-refractivity contribution in [1.29, 1.82) is 0 Å². The van der Waals surface area contributed by atoms with Gasteiger partial charge in [0, 0.05) is 62.3 Å². The van der Waals surface area contributed by atoms with Gasteiger partial charge in [-0.05, 0) is 19.1 Å². The van der Waals surface area contributed by atoms with Gasteiger partial charge in [0.25, 0.3) is 17.6 Å². The van der Waals surface area contributed by atoms with E-state index in [-0.39, 0.29) is 29.8 Å². The van der Waals surface area contributed by atoms with Crippen LogP contribution in [0, 0.1) is 0 Å². The van der Waals surface area contributed by atoms with E-state index in [0.29, 0.717) is 24.3 Å². The maximum atomic E-state index is 13.1. The van der Waals surface area contributed by atoms with Crippen molar-refractivity contribution >= 4 is 17.6 Å². The molecule has 2 amide bonds. The molecule has 2 aromatic heterocycles. The Labute approximate surface area is 191 Å². The zero-order valence-electron chi connectivity index (χ0n) is 18.8. The minimum Gasteiger partial charge on any atom is -0.496 e. The molecule has 1 aliphatic rings. The SMILES string of the molecule is COc1cc(-c2cnn(C)c2)ncc1C(=O)C(=O)N1CCN(C(=O)c2ccccc2)C[C@H]1C. The van der Waals surface area contributed by atoms with E-state index in [1.165, 1.54) is 18.2 Å². The van der Waals surface area contributed by atoms with Gasteiger partial charge in [-0.15, -0.1) is 0 Å². The van der Waals surface area contributed by atoms with Crippen LogP contribution < -0.4 is 4.74 Å². The van der Waals surface area contributed by atoms with E-state index in [1.807, 2.05) is 25.1 Å². The number of amides is 2. The van der Waals surface area contributed by atoms with Crippen LogP contribution >= 0.6 is 0 Å². The predicted molar refractivity (Wildman–Crippen MR) is 121 cm³/mol. The summed E-state index contributed by atoms with van der Waals surface area (Å²) in [4.78, 5) is 46.4. The van der Waals surface area contributed by atoms with E-state index in [9.17, 15) is 14.4 Å². The van der Waals surface area contributed by atoms with Crippen molar-refractivity contribution in [3.63, 3.8) is 0 Å². The molecule has 0 N–H and O–H groups in total. The molecule has 0 bridgehead atoms. The number of aromatic nitrogens is 3. The highest BCUT2D eigenvalue weighted by Crippen LogP contribution is 2.26. The molecule has 0 aliphatic carbocycles. The summed E-state index contributed by atoms with van der Waals surface area (Å²) < 4.78 is 7.03. The smallest absolute Gasteiger partial charge is 0.295 e. The number of pyridine rings is 1. The summed E-state index contributed by atoms with van der Waals surface area (Å²) in [5.41, 5.74) is 2.06. The van der Waals surface area contributed by atoms with E-state index >= 15 is 0 Å². The quantitative estimate of drug-likeness (QED) is 0.439. The number of methoxy groups -OCH3 is 1. The molecule has 170 valence electrons. The van der Waals surface area contributed by atoms with E-state index < -0.39 is 11.7 Å². The average molecular weight is 447 g/mol. The molecular weight excluding hydrogens is 422 g/mol. The number of aryl methyl sites for hydroxylation is 1. The number of carbonyl (C=O) groups is 3. The van der Waals surface area contributed by atoms with Gasteiger partial charge in [-0.3, -0.25) is 24.0 Å².